The number of hydrogen-bond acceptors (Lipinski definition) is 1. The maximum absolute atomic E-state index is 11.4. The molecule has 1 nitrogen and oxygen atoms in total. The summed E-state index contributed by atoms with van der Waals surface area (Å²) in [5.74, 6) is 2.85. The lowest BCUT2D eigenvalue weighted by Crippen LogP contribution is -2.33. The Morgan fingerprint density at radius 1 is 1.33 bits per heavy atom. The van der Waals surface area contributed by atoms with Crippen molar-refractivity contribution in [1.29, 1.82) is 0 Å². The molecule has 0 saturated heterocycles. The molecule has 0 aromatic rings. The predicted octanol–water partition coefficient (Wildman–Crippen LogP) is 2.89. The van der Waals surface area contributed by atoms with Gasteiger partial charge in [-0.15, -0.1) is 0 Å². The fourth-order valence-corrected chi connectivity index (χ4v) is 2.40. The third-order valence-corrected chi connectivity index (χ3v) is 3.55. The highest BCUT2D eigenvalue weighted by atomic mass is 16.1. The second-order valence-corrected chi connectivity index (χ2v) is 4.56. The summed E-state index contributed by atoms with van der Waals surface area (Å²) in [5, 5.41) is 0. The molecule has 1 heteroatoms. The first-order chi connectivity index (χ1) is 5.54. The third kappa shape index (κ3) is 1.70. The van der Waals surface area contributed by atoms with E-state index >= 15 is 0 Å². The Morgan fingerprint density at radius 2 is 1.92 bits per heavy atom. The van der Waals surface area contributed by atoms with Gasteiger partial charge < -0.3 is 0 Å². The third-order valence-electron chi connectivity index (χ3n) is 3.55. The van der Waals surface area contributed by atoms with Crippen molar-refractivity contribution < 1.29 is 4.79 Å². The molecule has 3 atom stereocenters. The zero-order valence-corrected chi connectivity index (χ0v) is 8.63. The van der Waals surface area contributed by atoms with E-state index in [1.807, 2.05) is 0 Å². The number of carbonyl (C=O) groups excluding carboxylic acids is 1. The van der Waals surface area contributed by atoms with Gasteiger partial charge in [-0.05, 0) is 24.2 Å². The fraction of sp³-hybridized carbons (Fsp3) is 0.909. The molecule has 0 radical (unpaired) electrons. The van der Waals surface area contributed by atoms with Crippen molar-refractivity contribution in [2.24, 2.45) is 23.7 Å². The monoisotopic (exact) mass is 168 g/mol. The first-order valence-electron chi connectivity index (χ1n) is 5.06. The van der Waals surface area contributed by atoms with Crippen molar-refractivity contribution in [3.8, 4) is 0 Å². The summed E-state index contributed by atoms with van der Waals surface area (Å²) in [6, 6.07) is 0. The smallest absolute Gasteiger partial charge is 0.135 e. The molecular weight excluding hydrogens is 148 g/mol. The van der Waals surface area contributed by atoms with Crippen molar-refractivity contribution in [2.45, 2.75) is 40.5 Å². The van der Waals surface area contributed by atoms with E-state index in [-0.39, 0.29) is 0 Å². The number of carbonyl (C=O) groups is 1. The van der Waals surface area contributed by atoms with Gasteiger partial charge in [-0.3, -0.25) is 4.79 Å². The van der Waals surface area contributed by atoms with Crippen molar-refractivity contribution >= 4 is 5.78 Å². The highest BCUT2D eigenvalue weighted by Gasteiger charge is 2.33. The van der Waals surface area contributed by atoms with E-state index in [0.717, 1.165) is 24.7 Å². The topological polar surface area (TPSA) is 17.1 Å². The molecule has 0 unspecified atom stereocenters. The molecule has 0 aromatic carbocycles. The van der Waals surface area contributed by atoms with Gasteiger partial charge in [0.2, 0.25) is 0 Å². The molecule has 0 bridgehead atoms. The van der Waals surface area contributed by atoms with Crippen LogP contribution in [0.15, 0.2) is 0 Å². The minimum Gasteiger partial charge on any atom is -0.299 e. The van der Waals surface area contributed by atoms with Crippen LogP contribution < -0.4 is 0 Å². The minimum absolute atomic E-state index is 0.297. The van der Waals surface area contributed by atoms with Gasteiger partial charge in [0, 0.05) is 12.3 Å². The maximum atomic E-state index is 11.4. The molecule has 0 heterocycles. The Bertz CT molecular complexity index is 172. The standard InChI is InChI=1S/C11H20O/c1-7(2)10-5-6-11(12)9(4)8(10)3/h7-10H,5-6H2,1-4H3/t8-,9+,10+/m1/s1. The van der Waals surface area contributed by atoms with Crippen molar-refractivity contribution in [1.82, 2.24) is 0 Å². The summed E-state index contributed by atoms with van der Waals surface area (Å²) in [6.07, 6.45) is 1.93. The van der Waals surface area contributed by atoms with Crippen LogP contribution in [0.4, 0.5) is 0 Å². The van der Waals surface area contributed by atoms with Crippen molar-refractivity contribution in [3.63, 3.8) is 0 Å². The molecule has 0 spiro atoms. The summed E-state index contributed by atoms with van der Waals surface area (Å²) < 4.78 is 0. The quantitative estimate of drug-likeness (QED) is 0.588. The average molecular weight is 168 g/mol. The Hall–Kier alpha value is -0.330. The van der Waals surface area contributed by atoms with Gasteiger partial charge in [0.25, 0.3) is 0 Å². The van der Waals surface area contributed by atoms with Crippen LogP contribution in [0.3, 0.4) is 0 Å². The van der Waals surface area contributed by atoms with Gasteiger partial charge in [0.15, 0.2) is 0 Å². The SMILES string of the molecule is CC(C)[C@@H]1CCC(=O)[C@@H](C)[C@H]1C. The fourth-order valence-electron chi connectivity index (χ4n) is 2.40. The molecule has 1 saturated carbocycles. The molecule has 12 heavy (non-hydrogen) atoms. The zero-order valence-electron chi connectivity index (χ0n) is 8.63. The Morgan fingerprint density at radius 3 is 2.42 bits per heavy atom. The first kappa shape index (κ1) is 9.76. The second kappa shape index (κ2) is 3.59. The van der Waals surface area contributed by atoms with Crippen molar-refractivity contribution in [3.05, 3.63) is 0 Å². The van der Waals surface area contributed by atoms with Gasteiger partial charge >= 0.3 is 0 Å². The van der Waals surface area contributed by atoms with E-state index in [1.165, 1.54) is 0 Å². The van der Waals surface area contributed by atoms with E-state index in [4.69, 9.17) is 0 Å². The van der Waals surface area contributed by atoms with Gasteiger partial charge in [-0.2, -0.15) is 0 Å². The van der Waals surface area contributed by atoms with Crippen LogP contribution >= 0.6 is 0 Å². The van der Waals surface area contributed by atoms with Crippen molar-refractivity contribution in [2.75, 3.05) is 0 Å². The molecular formula is C11H20O. The molecule has 1 rings (SSSR count). The van der Waals surface area contributed by atoms with E-state index in [1.54, 1.807) is 0 Å². The molecule has 0 N–H and O–H groups in total. The summed E-state index contributed by atoms with van der Waals surface area (Å²) in [6.45, 7) is 8.85. The molecule has 1 fully saturated rings. The summed E-state index contributed by atoms with van der Waals surface area (Å²) >= 11 is 0. The highest BCUT2D eigenvalue weighted by molar-refractivity contribution is 5.81. The maximum Gasteiger partial charge on any atom is 0.135 e. The number of hydrogen-bond donors (Lipinski definition) is 0. The van der Waals surface area contributed by atoms with E-state index in [2.05, 4.69) is 27.7 Å². The summed E-state index contributed by atoms with van der Waals surface area (Å²) in [5.41, 5.74) is 0. The molecule has 0 aromatic heterocycles. The van der Waals surface area contributed by atoms with Gasteiger partial charge in [-0.25, -0.2) is 0 Å². The van der Waals surface area contributed by atoms with Crippen LogP contribution in [0.1, 0.15) is 40.5 Å². The molecule has 70 valence electrons. The van der Waals surface area contributed by atoms with Gasteiger partial charge in [0.1, 0.15) is 5.78 Å². The number of rotatable bonds is 1. The van der Waals surface area contributed by atoms with Crippen LogP contribution in [-0.4, -0.2) is 5.78 Å². The molecule has 1 aliphatic carbocycles. The van der Waals surface area contributed by atoms with E-state index in [0.29, 0.717) is 17.6 Å². The molecule has 1 aliphatic rings. The zero-order chi connectivity index (χ0) is 9.30. The minimum atomic E-state index is 0.297. The summed E-state index contributed by atoms with van der Waals surface area (Å²) in [4.78, 5) is 11.4. The number of ketones is 1. The normalized spacial score (nSPS) is 37.4. The first-order valence-corrected chi connectivity index (χ1v) is 5.06. The lowest BCUT2D eigenvalue weighted by molar-refractivity contribution is -0.127. The summed E-state index contributed by atoms with van der Waals surface area (Å²) in [7, 11) is 0. The lowest BCUT2D eigenvalue weighted by atomic mass is 9.69. The predicted molar refractivity (Wildman–Crippen MR) is 50.9 cm³/mol. The Labute approximate surface area is 75.5 Å². The van der Waals surface area contributed by atoms with Crippen LogP contribution in [0.25, 0.3) is 0 Å². The van der Waals surface area contributed by atoms with Crippen LogP contribution in [-0.2, 0) is 4.79 Å². The van der Waals surface area contributed by atoms with E-state index in [9.17, 15) is 4.79 Å². The van der Waals surface area contributed by atoms with Crippen LogP contribution in [0, 0.1) is 23.7 Å². The molecule has 0 amide bonds. The Kier molecular flexibility index (Phi) is 2.92. The Balaban J connectivity index is 2.65. The van der Waals surface area contributed by atoms with E-state index < -0.39 is 0 Å². The van der Waals surface area contributed by atoms with Gasteiger partial charge in [-0.1, -0.05) is 27.7 Å². The van der Waals surface area contributed by atoms with Crippen LogP contribution in [0.2, 0.25) is 0 Å². The molecule has 0 aliphatic heterocycles. The second-order valence-electron chi connectivity index (χ2n) is 4.56. The largest absolute Gasteiger partial charge is 0.299 e. The average Bonchev–Trinajstić information content (AvgIpc) is 2.00. The van der Waals surface area contributed by atoms with Gasteiger partial charge in [0.05, 0.1) is 0 Å². The highest BCUT2D eigenvalue weighted by Crippen LogP contribution is 2.36. The lowest BCUT2D eigenvalue weighted by Gasteiger charge is -2.35. The van der Waals surface area contributed by atoms with Crippen LogP contribution in [0.5, 0.6) is 0 Å². The number of Topliss-reactive ketones (excluding diaryl/α,β-unsaturated/α-hetero) is 1.